The Morgan fingerprint density at radius 1 is 1.32 bits per heavy atom. The predicted molar refractivity (Wildman–Crippen MR) is 65.4 cm³/mol. The molecule has 2 aromatic rings. The summed E-state index contributed by atoms with van der Waals surface area (Å²) in [5.74, 6) is -0.130. The zero-order chi connectivity index (χ0) is 13.1. The average Bonchev–Trinajstić information content (AvgIpc) is 3.02. The summed E-state index contributed by atoms with van der Waals surface area (Å²) in [5, 5.41) is 12.4. The Bertz CT molecular complexity index is 563. The van der Waals surface area contributed by atoms with Crippen LogP contribution in [0.2, 0.25) is 0 Å². The molecule has 19 heavy (non-hydrogen) atoms. The molecule has 1 saturated heterocycles. The largest absolute Gasteiger partial charge is 0.277 e. The molecule has 0 aliphatic carbocycles. The first-order chi connectivity index (χ1) is 9.34. The van der Waals surface area contributed by atoms with Gasteiger partial charge in [0.2, 0.25) is 0 Å². The molecule has 7 heteroatoms. The summed E-state index contributed by atoms with van der Waals surface area (Å²) in [5.41, 5.74) is 1.31. The van der Waals surface area contributed by atoms with Gasteiger partial charge in [0.15, 0.2) is 0 Å². The first-order valence-electron chi connectivity index (χ1n) is 6.13. The van der Waals surface area contributed by atoms with Crippen molar-refractivity contribution in [2.24, 2.45) is 0 Å². The van der Waals surface area contributed by atoms with E-state index in [2.05, 4.69) is 15.5 Å². The van der Waals surface area contributed by atoms with Crippen LogP contribution >= 0.6 is 0 Å². The minimum atomic E-state index is -0.130. The molecule has 0 saturated carbocycles. The zero-order valence-electron chi connectivity index (χ0n) is 10.3. The maximum absolute atomic E-state index is 12.3. The van der Waals surface area contributed by atoms with Gasteiger partial charge in [-0.3, -0.25) is 9.63 Å². The van der Waals surface area contributed by atoms with Gasteiger partial charge in [0.05, 0.1) is 12.3 Å². The van der Waals surface area contributed by atoms with Gasteiger partial charge in [0.1, 0.15) is 6.33 Å². The highest BCUT2D eigenvalue weighted by atomic mass is 16.7. The van der Waals surface area contributed by atoms with Crippen molar-refractivity contribution in [2.75, 3.05) is 13.2 Å². The Labute approximate surface area is 109 Å². The molecular formula is C12H13N5O2. The van der Waals surface area contributed by atoms with Gasteiger partial charge < -0.3 is 0 Å². The number of benzene rings is 1. The lowest BCUT2D eigenvalue weighted by Gasteiger charge is -2.25. The third kappa shape index (κ3) is 2.45. The number of tetrazole rings is 1. The van der Waals surface area contributed by atoms with E-state index in [1.165, 1.54) is 16.1 Å². The molecule has 1 aliphatic rings. The van der Waals surface area contributed by atoms with Crippen LogP contribution in [0.1, 0.15) is 23.2 Å². The van der Waals surface area contributed by atoms with Gasteiger partial charge >= 0.3 is 0 Å². The molecule has 0 N–H and O–H groups in total. The first kappa shape index (κ1) is 11.8. The van der Waals surface area contributed by atoms with Crippen LogP contribution in [0.5, 0.6) is 0 Å². The summed E-state index contributed by atoms with van der Waals surface area (Å²) in [6.45, 7) is 1.23. The quantitative estimate of drug-likeness (QED) is 0.798. The zero-order valence-corrected chi connectivity index (χ0v) is 10.3. The second-order valence-electron chi connectivity index (χ2n) is 4.25. The molecular weight excluding hydrogens is 246 g/mol. The Kier molecular flexibility index (Phi) is 3.20. The van der Waals surface area contributed by atoms with Crippen molar-refractivity contribution in [3.05, 3.63) is 36.2 Å². The molecule has 0 spiro atoms. The summed E-state index contributed by atoms with van der Waals surface area (Å²) < 4.78 is 1.51. The van der Waals surface area contributed by atoms with E-state index < -0.39 is 0 Å². The van der Waals surface area contributed by atoms with Crippen LogP contribution in [0.25, 0.3) is 5.69 Å². The van der Waals surface area contributed by atoms with Crippen molar-refractivity contribution >= 4 is 5.91 Å². The molecule has 1 aromatic heterocycles. The molecule has 2 heterocycles. The van der Waals surface area contributed by atoms with Gasteiger partial charge in [-0.05, 0) is 41.5 Å². The van der Waals surface area contributed by atoms with E-state index in [4.69, 9.17) is 4.84 Å². The molecule has 1 fully saturated rings. The van der Waals surface area contributed by atoms with Gasteiger partial charge in [0.25, 0.3) is 5.91 Å². The summed E-state index contributed by atoms with van der Waals surface area (Å²) in [7, 11) is 0. The molecule has 0 atom stereocenters. The van der Waals surface area contributed by atoms with Crippen molar-refractivity contribution in [1.82, 2.24) is 25.3 Å². The summed E-state index contributed by atoms with van der Waals surface area (Å²) >= 11 is 0. The van der Waals surface area contributed by atoms with Gasteiger partial charge in [-0.1, -0.05) is 6.07 Å². The van der Waals surface area contributed by atoms with Gasteiger partial charge in [0, 0.05) is 12.1 Å². The van der Waals surface area contributed by atoms with Gasteiger partial charge in [-0.25, -0.2) is 9.75 Å². The fourth-order valence-corrected chi connectivity index (χ4v) is 1.96. The van der Waals surface area contributed by atoms with E-state index >= 15 is 0 Å². The molecule has 1 aromatic carbocycles. The normalized spacial score (nSPS) is 15.5. The van der Waals surface area contributed by atoms with Crippen molar-refractivity contribution < 1.29 is 9.63 Å². The smallest absolute Gasteiger partial charge is 0.271 e. The molecule has 3 rings (SSSR count). The van der Waals surface area contributed by atoms with Crippen LogP contribution < -0.4 is 0 Å². The predicted octanol–water partition coefficient (Wildman–Crippen LogP) is 0.830. The lowest BCUT2D eigenvalue weighted by Crippen LogP contribution is -2.35. The third-order valence-corrected chi connectivity index (χ3v) is 2.94. The highest BCUT2D eigenvalue weighted by Crippen LogP contribution is 2.14. The fourth-order valence-electron chi connectivity index (χ4n) is 1.96. The molecule has 1 amide bonds. The van der Waals surface area contributed by atoms with E-state index in [0.29, 0.717) is 18.7 Å². The number of rotatable bonds is 2. The monoisotopic (exact) mass is 259 g/mol. The maximum Gasteiger partial charge on any atom is 0.277 e. The van der Waals surface area contributed by atoms with Crippen LogP contribution in [-0.2, 0) is 4.84 Å². The van der Waals surface area contributed by atoms with Crippen LogP contribution in [0, 0.1) is 0 Å². The van der Waals surface area contributed by atoms with Crippen LogP contribution in [0.4, 0.5) is 0 Å². The third-order valence-electron chi connectivity index (χ3n) is 2.94. The number of carbonyl (C=O) groups is 1. The number of aromatic nitrogens is 4. The molecule has 0 unspecified atom stereocenters. The van der Waals surface area contributed by atoms with E-state index in [0.717, 1.165) is 18.5 Å². The minimum absolute atomic E-state index is 0.130. The maximum atomic E-state index is 12.3. The van der Waals surface area contributed by atoms with E-state index in [-0.39, 0.29) is 5.91 Å². The van der Waals surface area contributed by atoms with Crippen molar-refractivity contribution in [3.8, 4) is 5.69 Å². The Hall–Kier alpha value is -2.28. The molecule has 98 valence electrons. The first-order valence-corrected chi connectivity index (χ1v) is 6.13. The fraction of sp³-hybridized carbons (Fsp3) is 0.333. The van der Waals surface area contributed by atoms with E-state index in [9.17, 15) is 4.79 Å². The SMILES string of the molecule is O=C(c1cccc(-n2cnnn2)c1)N1CCCCO1. The van der Waals surface area contributed by atoms with E-state index in [1.54, 1.807) is 18.2 Å². The molecule has 0 bridgehead atoms. The topological polar surface area (TPSA) is 73.1 Å². The number of amides is 1. The van der Waals surface area contributed by atoms with Gasteiger partial charge in [-0.15, -0.1) is 5.10 Å². The second kappa shape index (κ2) is 5.15. The van der Waals surface area contributed by atoms with Gasteiger partial charge in [-0.2, -0.15) is 0 Å². The number of carbonyl (C=O) groups excluding carboxylic acids is 1. The minimum Gasteiger partial charge on any atom is -0.271 e. The Morgan fingerprint density at radius 3 is 3.00 bits per heavy atom. The molecule has 7 nitrogen and oxygen atoms in total. The highest BCUT2D eigenvalue weighted by molar-refractivity contribution is 5.94. The van der Waals surface area contributed by atoms with Crippen LogP contribution in [0.15, 0.2) is 30.6 Å². The molecule has 1 aliphatic heterocycles. The number of hydrogen-bond donors (Lipinski definition) is 0. The summed E-state index contributed by atoms with van der Waals surface area (Å²) in [6.07, 6.45) is 3.45. The number of hydrogen-bond acceptors (Lipinski definition) is 5. The lowest BCUT2D eigenvalue weighted by atomic mass is 10.1. The van der Waals surface area contributed by atoms with Crippen LogP contribution in [-0.4, -0.2) is 44.3 Å². The molecule has 0 radical (unpaired) electrons. The standard InChI is InChI=1S/C12H13N5O2/c18-12(17-6-1-2-7-19-17)10-4-3-5-11(8-10)16-9-13-14-15-16/h3-5,8-9H,1-2,6-7H2. The summed E-state index contributed by atoms with van der Waals surface area (Å²) in [4.78, 5) is 17.6. The van der Waals surface area contributed by atoms with Crippen molar-refractivity contribution in [3.63, 3.8) is 0 Å². The number of hydroxylamine groups is 2. The average molecular weight is 259 g/mol. The van der Waals surface area contributed by atoms with E-state index in [1.807, 2.05) is 6.07 Å². The Morgan fingerprint density at radius 2 is 2.26 bits per heavy atom. The number of nitrogens with zero attached hydrogens (tertiary/aromatic N) is 5. The second-order valence-corrected chi connectivity index (χ2v) is 4.25. The van der Waals surface area contributed by atoms with Crippen LogP contribution in [0.3, 0.4) is 0 Å². The summed E-state index contributed by atoms with van der Waals surface area (Å²) in [6, 6.07) is 7.14. The Balaban J connectivity index is 1.84. The van der Waals surface area contributed by atoms with Crippen molar-refractivity contribution in [1.29, 1.82) is 0 Å². The highest BCUT2D eigenvalue weighted by Gasteiger charge is 2.19. The lowest BCUT2D eigenvalue weighted by molar-refractivity contribution is -0.144. The van der Waals surface area contributed by atoms with Crippen molar-refractivity contribution in [2.45, 2.75) is 12.8 Å².